The zero-order chi connectivity index (χ0) is 18.6. The van der Waals surface area contributed by atoms with Gasteiger partial charge in [-0.05, 0) is 45.0 Å². The quantitative estimate of drug-likeness (QED) is 0.733. The minimum absolute atomic E-state index is 0. The fourth-order valence-corrected chi connectivity index (χ4v) is 3.34. The number of likely N-dealkylation sites (tertiary alicyclic amines) is 1. The first-order chi connectivity index (χ1) is 11.8. The van der Waals surface area contributed by atoms with Crippen molar-refractivity contribution >= 4 is 53.2 Å². The highest BCUT2D eigenvalue weighted by atomic mass is 35.5. The van der Waals surface area contributed by atoms with Crippen molar-refractivity contribution in [3.63, 3.8) is 0 Å². The van der Waals surface area contributed by atoms with Gasteiger partial charge in [0.05, 0.1) is 22.6 Å². The normalized spacial score (nSPS) is 16.8. The lowest BCUT2D eigenvalue weighted by Gasteiger charge is -2.38. The standard InChI is InChI=1S/C17H23Cl2N3O3.ClH/c1-11(17(25)20-12-3-4-14(18)15(19)9-12)22-7-5-13(6-8-22)21(2)10-16(23)24;/h3-4,9,11,13H,5-8,10H2,1-2H3,(H,20,25)(H,23,24);1H. The molecule has 0 aliphatic carbocycles. The van der Waals surface area contributed by atoms with Crippen LogP contribution >= 0.6 is 35.6 Å². The van der Waals surface area contributed by atoms with E-state index >= 15 is 0 Å². The molecule has 6 nitrogen and oxygen atoms in total. The number of hydrogen-bond acceptors (Lipinski definition) is 4. The van der Waals surface area contributed by atoms with Gasteiger partial charge in [0.1, 0.15) is 0 Å². The molecule has 1 fully saturated rings. The first-order valence-corrected chi connectivity index (χ1v) is 8.95. The molecule has 1 saturated heterocycles. The minimum atomic E-state index is -0.820. The lowest BCUT2D eigenvalue weighted by atomic mass is 10.0. The number of rotatable bonds is 6. The number of anilines is 1. The van der Waals surface area contributed by atoms with E-state index in [0.717, 1.165) is 25.9 Å². The molecule has 0 bridgehead atoms. The Morgan fingerprint density at radius 1 is 1.31 bits per heavy atom. The summed E-state index contributed by atoms with van der Waals surface area (Å²) in [5, 5.41) is 12.6. The monoisotopic (exact) mass is 423 g/mol. The van der Waals surface area contributed by atoms with Gasteiger partial charge in [-0.3, -0.25) is 19.4 Å². The van der Waals surface area contributed by atoms with Crippen LogP contribution in [-0.2, 0) is 9.59 Å². The molecule has 146 valence electrons. The van der Waals surface area contributed by atoms with E-state index in [0.29, 0.717) is 15.7 Å². The van der Waals surface area contributed by atoms with Gasteiger partial charge in [0.15, 0.2) is 0 Å². The molecule has 9 heteroatoms. The first-order valence-electron chi connectivity index (χ1n) is 8.20. The zero-order valence-corrected chi connectivity index (χ0v) is 17.1. The molecule has 1 atom stereocenters. The molecular formula is C17H24Cl3N3O3. The highest BCUT2D eigenvalue weighted by Gasteiger charge is 2.28. The predicted molar refractivity (Wildman–Crippen MR) is 107 cm³/mol. The lowest BCUT2D eigenvalue weighted by molar-refractivity contribution is -0.138. The number of aliphatic carboxylic acids is 1. The van der Waals surface area contributed by atoms with E-state index in [-0.39, 0.29) is 36.9 Å². The molecular weight excluding hydrogens is 401 g/mol. The van der Waals surface area contributed by atoms with Crippen LogP contribution in [0.4, 0.5) is 5.69 Å². The Morgan fingerprint density at radius 2 is 1.92 bits per heavy atom. The maximum absolute atomic E-state index is 12.5. The van der Waals surface area contributed by atoms with E-state index in [2.05, 4.69) is 10.2 Å². The van der Waals surface area contributed by atoms with E-state index in [1.54, 1.807) is 18.2 Å². The van der Waals surface area contributed by atoms with Gasteiger partial charge < -0.3 is 10.4 Å². The molecule has 1 heterocycles. The van der Waals surface area contributed by atoms with Crippen LogP contribution in [0.1, 0.15) is 19.8 Å². The summed E-state index contributed by atoms with van der Waals surface area (Å²) < 4.78 is 0. The summed E-state index contributed by atoms with van der Waals surface area (Å²) in [6.07, 6.45) is 1.68. The fraction of sp³-hybridized carbons (Fsp3) is 0.529. The van der Waals surface area contributed by atoms with E-state index in [4.69, 9.17) is 28.3 Å². The topological polar surface area (TPSA) is 72.9 Å². The average molecular weight is 425 g/mol. The molecule has 1 aliphatic rings. The summed E-state index contributed by atoms with van der Waals surface area (Å²) in [7, 11) is 1.83. The molecule has 0 radical (unpaired) electrons. The van der Waals surface area contributed by atoms with Crippen LogP contribution in [0, 0.1) is 0 Å². The molecule has 1 aromatic carbocycles. The van der Waals surface area contributed by atoms with Crippen molar-refractivity contribution in [3.05, 3.63) is 28.2 Å². The van der Waals surface area contributed by atoms with Crippen LogP contribution in [0.3, 0.4) is 0 Å². The van der Waals surface area contributed by atoms with E-state index in [9.17, 15) is 9.59 Å². The summed E-state index contributed by atoms with van der Waals surface area (Å²) >= 11 is 11.8. The van der Waals surface area contributed by atoms with Crippen LogP contribution in [0.15, 0.2) is 18.2 Å². The Morgan fingerprint density at radius 3 is 2.46 bits per heavy atom. The van der Waals surface area contributed by atoms with Crippen molar-refractivity contribution < 1.29 is 14.7 Å². The van der Waals surface area contributed by atoms with Gasteiger partial charge in [-0.1, -0.05) is 23.2 Å². The highest BCUT2D eigenvalue weighted by Crippen LogP contribution is 2.25. The van der Waals surface area contributed by atoms with Gasteiger partial charge in [0.2, 0.25) is 5.91 Å². The third kappa shape index (κ3) is 6.28. The summed E-state index contributed by atoms with van der Waals surface area (Å²) in [5.41, 5.74) is 0.613. The van der Waals surface area contributed by atoms with Gasteiger partial charge in [0.25, 0.3) is 0 Å². The summed E-state index contributed by atoms with van der Waals surface area (Å²) in [6.45, 7) is 3.42. The summed E-state index contributed by atoms with van der Waals surface area (Å²) in [5.74, 6) is -0.921. The van der Waals surface area contributed by atoms with Crippen molar-refractivity contribution in [2.24, 2.45) is 0 Å². The van der Waals surface area contributed by atoms with Crippen LogP contribution in [-0.4, -0.2) is 65.5 Å². The Kier molecular flexibility index (Phi) is 9.13. The van der Waals surface area contributed by atoms with Crippen LogP contribution < -0.4 is 5.32 Å². The summed E-state index contributed by atoms with van der Waals surface area (Å²) in [6, 6.07) is 4.94. The SMILES string of the molecule is CC(C(=O)Nc1ccc(Cl)c(Cl)c1)N1CCC(N(C)CC(=O)O)CC1.Cl. The molecule has 0 spiro atoms. The summed E-state index contributed by atoms with van der Waals surface area (Å²) in [4.78, 5) is 27.2. The average Bonchev–Trinajstić information content (AvgIpc) is 2.57. The Balaban J connectivity index is 0.00000338. The number of likely N-dealkylation sites (N-methyl/N-ethyl adjacent to an activating group) is 1. The molecule has 2 rings (SSSR count). The highest BCUT2D eigenvalue weighted by molar-refractivity contribution is 6.42. The maximum Gasteiger partial charge on any atom is 0.317 e. The number of carboxylic acid groups (broad SMARTS) is 1. The smallest absolute Gasteiger partial charge is 0.317 e. The minimum Gasteiger partial charge on any atom is -0.480 e. The second-order valence-electron chi connectivity index (χ2n) is 6.37. The van der Waals surface area contributed by atoms with E-state index in [1.807, 2.05) is 18.9 Å². The number of hydrogen-bond donors (Lipinski definition) is 2. The third-order valence-corrected chi connectivity index (χ3v) is 5.36. The molecule has 1 aromatic rings. The Bertz CT molecular complexity index is 637. The third-order valence-electron chi connectivity index (χ3n) is 4.62. The molecule has 2 N–H and O–H groups in total. The number of halogens is 3. The Labute approximate surface area is 169 Å². The largest absolute Gasteiger partial charge is 0.480 e. The molecule has 1 aliphatic heterocycles. The molecule has 26 heavy (non-hydrogen) atoms. The van der Waals surface area contributed by atoms with Crippen molar-refractivity contribution in [2.75, 3.05) is 32.0 Å². The van der Waals surface area contributed by atoms with Crippen LogP contribution in [0.25, 0.3) is 0 Å². The van der Waals surface area contributed by atoms with Crippen molar-refractivity contribution in [3.8, 4) is 0 Å². The molecule has 0 saturated carbocycles. The van der Waals surface area contributed by atoms with Gasteiger partial charge >= 0.3 is 5.97 Å². The molecule has 1 amide bonds. The van der Waals surface area contributed by atoms with E-state index in [1.165, 1.54) is 0 Å². The number of nitrogens with zero attached hydrogens (tertiary/aromatic N) is 2. The Hall–Kier alpha value is -1.05. The maximum atomic E-state index is 12.5. The number of benzene rings is 1. The zero-order valence-electron chi connectivity index (χ0n) is 14.7. The predicted octanol–water partition coefficient (Wildman–Crippen LogP) is 3.22. The fourth-order valence-electron chi connectivity index (χ4n) is 3.04. The second-order valence-corrected chi connectivity index (χ2v) is 7.18. The van der Waals surface area contributed by atoms with Crippen molar-refractivity contribution in [2.45, 2.75) is 31.8 Å². The second kappa shape index (κ2) is 10.3. The van der Waals surface area contributed by atoms with Crippen LogP contribution in [0.5, 0.6) is 0 Å². The van der Waals surface area contributed by atoms with Gasteiger partial charge in [-0.15, -0.1) is 12.4 Å². The van der Waals surface area contributed by atoms with Crippen LogP contribution in [0.2, 0.25) is 10.0 Å². The van der Waals surface area contributed by atoms with Gasteiger partial charge in [0, 0.05) is 24.8 Å². The number of nitrogens with one attached hydrogen (secondary N) is 1. The van der Waals surface area contributed by atoms with Crippen molar-refractivity contribution in [1.29, 1.82) is 0 Å². The first kappa shape index (κ1) is 23.0. The lowest BCUT2D eigenvalue weighted by Crippen LogP contribution is -2.50. The number of carboxylic acids is 1. The number of piperidine rings is 1. The van der Waals surface area contributed by atoms with Crippen molar-refractivity contribution in [1.82, 2.24) is 9.80 Å². The van der Waals surface area contributed by atoms with Gasteiger partial charge in [-0.25, -0.2) is 0 Å². The number of carbonyl (C=O) groups excluding carboxylic acids is 1. The molecule has 0 aromatic heterocycles. The van der Waals surface area contributed by atoms with Gasteiger partial charge in [-0.2, -0.15) is 0 Å². The number of carbonyl (C=O) groups is 2. The number of amides is 1. The van der Waals surface area contributed by atoms with E-state index < -0.39 is 5.97 Å². The molecule has 1 unspecified atom stereocenters.